The average Bonchev–Trinajstić information content (AvgIpc) is 1.99. The molecule has 6 heteroatoms. The Morgan fingerprint density at radius 1 is 1.60 bits per heavy atom. The lowest BCUT2D eigenvalue weighted by molar-refractivity contribution is -0.159. The van der Waals surface area contributed by atoms with Crippen LogP contribution in [0.5, 0.6) is 0 Å². The summed E-state index contributed by atoms with van der Waals surface area (Å²) in [6, 6.07) is 0. The lowest BCUT2D eigenvalue weighted by Gasteiger charge is -2.25. The van der Waals surface area contributed by atoms with Gasteiger partial charge in [-0.15, -0.1) is 0 Å². The molecule has 0 bridgehead atoms. The minimum atomic E-state index is -4.66. The molecule has 1 rings (SSSR count). The van der Waals surface area contributed by atoms with E-state index >= 15 is 0 Å². The van der Waals surface area contributed by atoms with Gasteiger partial charge in [-0.3, -0.25) is 0 Å². The highest BCUT2D eigenvalue weighted by Crippen LogP contribution is 2.26. The Bertz CT molecular complexity index is 266. The van der Waals surface area contributed by atoms with Crippen LogP contribution in [0, 0.1) is 0 Å². The summed E-state index contributed by atoms with van der Waals surface area (Å²) in [5, 5.41) is 0. The van der Waals surface area contributed by atoms with Crippen LogP contribution >= 0.6 is 0 Å². The third-order valence-corrected chi connectivity index (χ3v) is 2.01. The van der Waals surface area contributed by atoms with E-state index in [1.807, 2.05) is 0 Å². The number of alkyl halides is 3. The van der Waals surface area contributed by atoms with E-state index in [1.165, 1.54) is 0 Å². The number of ether oxygens (including phenoxy) is 2. The molecule has 0 aliphatic carbocycles. The van der Waals surface area contributed by atoms with Crippen LogP contribution in [0.2, 0.25) is 0 Å². The Morgan fingerprint density at radius 3 is 2.53 bits per heavy atom. The lowest BCUT2D eigenvalue weighted by Crippen LogP contribution is -2.33. The maximum Gasteiger partial charge on any atom is 0.423 e. The monoisotopic (exact) mass is 224 g/mol. The normalized spacial score (nSPS) is 22.1. The van der Waals surface area contributed by atoms with E-state index in [0.717, 1.165) is 6.92 Å². The van der Waals surface area contributed by atoms with Crippen LogP contribution in [-0.4, -0.2) is 31.5 Å². The molecule has 1 unspecified atom stereocenters. The van der Waals surface area contributed by atoms with E-state index in [9.17, 15) is 18.0 Å². The van der Waals surface area contributed by atoms with Gasteiger partial charge in [0.25, 0.3) is 0 Å². The van der Waals surface area contributed by atoms with E-state index in [4.69, 9.17) is 4.74 Å². The Kier molecular flexibility index (Phi) is 3.73. The summed E-state index contributed by atoms with van der Waals surface area (Å²) in [5.74, 6) is -1.35. The van der Waals surface area contributed by atoms with Gasteiger partial charge in [-0.1, -0.05) is 6.08 Å². The molecule has 1 fully saturated rings. The largest absolute Gasteiger partial charge is 0.459 e. The predicted molar refractivity (Wildman–Crippen MR) is 45.1 cm³/mol. The predicted octanol–water partition coefficient (Wildman–Crippen LogP) is 1.83. The molecule has 1 saturated heterocycles. The standard InChI is InChI=1S/C9H11F3O3/c1-2-7(9(10,11)12)8(13)15-5-6-3-4-14-6/h2,6H,3-5H2,1H3. The van der Waals surface area contributed by atoms with Crippen molar-refractivity contribution < 1.29 is 27.4 Å². The second kappa shape index (κ2) is 4.65. The second-order valence-electron chi connectivity index (χ2n) is 3.08. The van der Waals surface area contributed by atoms with Crippen molar-refractivity contribution in [1.29, 1.82) is 0 Å². The van der Waals surface area contributed by atoms with Crippen LogP contribution in [0.25, 0.3) is 0 Å². The van der Waals surface area contributed by atoms with Gasteiger partial charge in [-0.05, 0) is 6.92 Å². The molecule has 0 saturated carbocycles. The average molecular weight is 224 g/mol. The van der Waals surface area contributed by atoms with Crippen molar-refractivity contribution in [2.24, 2.45) is 0 Å². The second-order valence-corrected chi connectivity index (χ2v) is 3.08. The fourth-order valence-corrected chi connectivity index (χ4v) is 1.06. The van der Waals surface area contributed by atoms with E-state index in [2.05, 4.69) is 4.74 Å². The highest BCUT2D eigenvalue weighted by atomic mass is 19.4. The number of halogens is 3. The summed E-state index contributed by atoms with van der Waals surface area (Å²) in [5.41, 5.74) is -1.28. The Morgan fingerprint density at radius 2 is 2.20 bits per heavy atom. The molecule has 0 aromatic carbocycles. The number of hydrogen-bond donors (Lipinski definition) is 0. The minimum absolute atomic E-state index is 0.119. The molecular formula is C9H11F3O3. The van der Waals surface area contributed by atoms with Crippen molar-refractivity contribution >= 4 is 5.97 Å². The summed E-state index contributed by atoms with van der Waals surface area (Å²) in [7, 11) is 0. The highest BCUT2D eigenvalue weighted by molar-refractivity contribution is 5.89. The van der Waals surface area contributed by atoms with Crippen LogP contribution in [-0.2, 0) is 14.3 Å². The number of allylic oxidation sites excluding steroid dienone is 1. The van der Waals surface area contributed by atoms with Crippen LogP contribution in [0.3, 0.4) is 0 Å². The molecule has 1 aliphatic rings. The van der Waals surface area contributed by atoms with Crippen molar-refractivity contribution in [3.63, 3.8) is 0 Å². The first-order valence-corrected chi connectivity index (χ1v) is 4.47. The number of hydrogen-bond acceptors (Lipinski definition) is 3. The molecular weight excluding hydrogens is 213 g/mol. The maximum atomic E-state index is 12.2. The first kappa shape index (κ1) is 12.0. The Hall–Kier alpha value is -1.04. The topological polar surface area (TPSA) is 35.5 Å². The van der Waals surface area contributed by atoms with Crippen molar-refractivity contribution in [3.05, 3.63) is 11.6 Å². The molecule has 3 nitrogen and oxygen atoms in total. The van der Waals surface area contributed by atoms with Gasteiger partial charge in [0.1, 0.15) is 12.2 Å². The molecule has 0 radical (unpaired) electrons. The van der Waals surface area contributed by atoms with Gasteiger partial charge < -0.3 is 9.47 Å². The fraction of sp³-hybridized carbons (Fsp3) is 0.667. The van der Waals surface area contributed by atoms with Crippen molar-refractivity contribution in [2.45, 2.75) is 25.6 Å². The number of esters is 1. The summed E-state index contributed by atoms with van der Waals surface area (Å²) in [6.45, 7) is 1.59. The minimum Gasteiger partial charge on any atom is -0.459 e. The highest BCUT2D eigenvalue weighted by Gasteiger charge is 2.39. The molecule has 1 heterocycles. The van der Waals surface area contributed by atoms with E-state index < -0.39 is 17.7 Å². The summed E-state index contributed by atoms with van der Waals surface area (Å²) >= 11 is 0. The van der Waals surface area contributed by atoms with E-state index in [-0.39, 0.29) is 12.7 Å². The smallest absolute Gasteiger partial charge is 0.423 e. The summed E-state index contributed by atoms with van der Waals surface area (Å²) in [4.78, 5) is 11.0. The van der Waals surface area contributed by atoms with Crippen molar-refractivity contribution in [3.8, 4) is 0 Å². The van der Waals surface area contributed by atoms with Gasteiger partial charge in [0.15, 0.2) is 0 Å². The molecule has 0 amide bonds. The van der Waals surface area contributed by atoms with E-state index in [1.54, 1.807) is 0 Å². The van der Waals surface area contributed by atoms with Crippen LogP contribution < -0.4 is 0 Å². The SMILES string of the molecule is CC=C(C(=O)OCC1CCO1)C(F)(F)F. The first-order chi connectivity index (χ1) is 6.95. The zero-order valence-corrected chi connectivity index (χ0v) is 8.13. The molecule has 1 atom stereocenters. The van der Waals surface area contributed by atoms with Gasteiger partial charge >= 0.3 is 12.1 Å². The number of rotatable bonds is 3. The Balaban J connectivity index is 2.43. The number of carbonyl (C=O) groups excluding carboxylic acids is 1. The zero-order valence-electron chi connectivity index (χ0n) is 8.13. The number of carbonyl (C=O) groups is 1. The summed E-state index contributed by atoms with van der Waals surface area (Å²) in [6.07, 6.45) is -3.50. The van der Waals surface area contributed by atoms with Gasteiger partial charge in [-0.2, -0.15) is 13.2 Å². The molecule has 0 aromatic heterocycles. The third kappa shape index (κ3) is 3.23. The van der Waals surface area contributed by atoms with Crippen molar-refractivity contribution in [2.75, 3.05) is 13.2 Å². The third-order valence-electron chi connectivity index (χ3n) is 2.01. The molecule has 15 heavy (non-hydrogen) atoms. The summed E-state index contributed by atoms with van der Waals surface area (Å²) < 4.78 is 45.9. The molecule has 1 aliphatic heterocycles. The quantitative estimate of drug-likeness (QED) is 0.542. The fourth-order valence-electron chi connectivity index (χ4n) is 1.06. The molecule has 0 aromatic rings. The molecule has 0 N–H and O–H groups in total. The molecule has 86 valence electrons. The van der Waals surface area contributed by atoms with Crippen LogP contribution in [0.4, 0.5) is 13.2 Å². The van der Waals surface area contributed by atoms with Gasteiger partial charge in [0.2, 0.25) is 0 Å². The van der Waals surface area contributed by atoms with Gasteiger partial charge in [-0.25, -0.2) is 4.79 Å². The van der Waals surface area contributed by atoms with Crippen molar-refractivity contribution in [1.82, 2.24) is 0 Å². The van der Waals surface area contributed by atoms with Gasteiger partial charge in [0.05, 0.1) is 6.10 Å². The lowest BCUT2D eigenvalue weighted by atomic mass is 10.2. The van der Waals surface area contributed by atoms with E-state index in [0.29, 0.717) is 19.1 Å². The molecule has 0 spiro atoms. The van der Waals surface area contributed by atoms with Crippen LogP contribution in [0.1, 0.15) is 13.3 Å². The first-order valence-electron chi connectivity index (χ1n) is 4.47. The van der Waals surface area contributed by atoms with Crippen LogP contribution in [0.15, 0.2) is 11.6 Å². The van der Waals surface area contributed by atoms with Gasteiger partial charge in [0, 0.05) is 13.0 Å². The maximum absolute atomic E-state index is 12.2. The Labute approximate surface area is 84.8 Å². The zero-order chi connectivity index (χ0) is 11.5.